The summed E-state index contributed by atoms with van der Waals surface area (Å²) >= 11 is 0. The molecule has 1 aliphatic carbocycles. The lowest BCUT2D eigenvalue weighted by Crippen LogP contribution is -2.19. The van der Waals surface area contributed by atoms with Gasteiger partial charge in [-0.1, -0.05) is 0 Å². The van der Waals surface area contributed by atoms with Crippen molar-refractivity contribution < 1.29 is 28.0 Å². The van der Waals surface area contributed by atoms with Gasteiger partial charge in [-0.3, -0.25) is 14.9 Å². The van der Waals surface area contributed by atoms with E-state index in [2.05, 4.69) is 10.1 Å². The second-order valence-corrected chi connectivity index (χ2v) is 4.49. The van der Waals surface area contributed by atoms with E-state index in [-0.39, 0.29) is 6.42 Å². The molecule has 1 aliphatic rings. The van der Waals surface area contributed by atoms with Crippen LogP contribution < -0.4 is 5.32 Å². The van der Waals surface area contributed by atoms with E-state index < -0.39 is 51.6 Å². The molecule has 0 aromatic heterocycles. The summed E-state index contributed by atoms with van der Waals surface area (Å²) in [5, 5.41) is 12.6. The number of nitrogens with one attached hydrogen (secondary N) is 1. The third-order valence-electron chi connectivity index (χ3n) is 3.08. The number of benzene rings is 1. The Kier molecular flexibility index (Phi) is 3.83. The van der Waals surface area contributed by atoms with Crippen LogP contribution in [0.1, 0.15) is 16.8 Å². The SMILES string of the molecule is COC(=O)c1cc(NC(=O)[C@H]2C[C@H]2[N+](=O)[O-])c(F)cc1F. The van der Waals surface area contributed by atoms with Gasteiger partial charge in [0.05, 0.1) is 18.4 Å². The summed E-state index contributed by atoms with van der Waals surface area (Å²) in [5.41, 5.74) is -0.980. The number of ether oxygens (including phenoxy) is 1. The van der Waals surface area contributed by atoms with E-state index in [1.807, 2.05) is 0 Å². The van der Waals surface area contributed by atoms with Gasteiger partial charge in [0.15, 0.2) is 0 Å². The molecular formula is C12H10F2N2O5. The van der Waals surface area contributed by atoms with E-state index in [4.69, 9.17) is 0 Å². The first-order valence-electron chi connectivity index (χ1n) is 5.87. The summed E-state index contributed by atoms with van der Waals surface area (Å²) in [6.45, 7) is 0. The number of methoxy groups -OCH3 is 1. The molecule has 0 aliphatic heterocycles. The normalized spacial score (nSPS) is 19.8. The minimum atomic E-state index is -1.13. The quantitative estimate of drug-likeness (QED) is 0.514. The zero-order valence-corrected chi connectivity index (χ0v) is 10.8. The van der Waals surface area contributed by atoms with Gasteiger partial charge < -0.3 is 10.1 Å². The van der Waals surface area contributed by atoms with Crippen molar-refractivity contribution >= 4 is 17.6 Å². The van der Waals surface area contributed by atoms with Gasteiger partial charge in [-0.05, 0) is 6.07 Å². The number of halogens is 2. The van der Waals surface area contributed by atoms with Crippen LogP contribution in [-0.2, 0) is 9.53 Å². The molecule has 21 heavy (non-hydrogen) atoms. The number of hydrogen-bond donors (Lipinski definition) is 1. The number of esters is 1. The Bertz CT molecular complexity index is 634. The van der Waals surface area contributed by atoms with E-state index >= 15 is 0 Å². The Morgan fingerprint density at radius 1 is 1.38 bits per heavy atom. The topological polar surface area (TPSA) is 98.5 Å². The number of anilines is 1. The highest BCUT2D eigenvalue weighted by Crippen LogP contribution is 2.34. The van der Waals surface area contributed by atoms with E-state index in [1.165, 1.54) is 0 Å². The standard InChI is InChI=1S/C12H10F2N2O5/c1-21-12(18)5-2-9(8(14)4-7(5)13)15-11(17)6-3-10(6)16(19)20/h2,4,6,10H,3H2,1H3,(H,15,17)/t6-,10+/m0/s1. The second-order valence-electron chi connectivity index (χ2n) is 4.49. The van der Waals surface area contributed by atoms with Crippen molar-refractivity contribution in [3.63, 3.8) is 0 Å². The predicted octanol–water partition coefficient (Wildman–Crippen LogP) is 1.36. The number of rotatable bonds is 4. The van der Waals surface area contributed by atoms with Crippen LogP contribution in [0.5, 0.6) is 0 Å². The minimum absolute atomic E-state index is 0.0610. The van der Waals surface area contributed by atoms with Crippen LogP contribution in [0.3, 0.4) is 0 Å². The summed E-state index contributed by atoms with van der Waals surface area (Å²) in [4.78, 5) is 32.8. The maximum Gasteiger partial charge on any atom is 0.340 e. The lowest BCUT2D eigenvalue weighted by atomic mass is 10.1. The van der Waals surface area contributed by atoms with Gasteiger partial charge in [0, 0.05) is 17.4 Å². The molecule has 1 fully saturated rings. The molecule has 112 valence electrons. The Labute approximate surface area is 117 Å². The molecule has 9 heteroatoms. The first-order chi connectivity index (χ1) is 9.85. The van der Waals surface area contributed by atoms with E-state index in [1.54, 1.807) is 0 Å². The Morgan fingerprint density at radius 2 is 2.05 bits per heavy atom. The van der Waals surface area contributed by atoms with Crippen molar-refractivity contribution in [2.24, 2.45) is 5.92 Å². The van der Waals surface area contributed by atoms with Crippen LogP contribution in [0, 0.1) is 27.7 Å². The van der Waals surface area contributed by atoms with E-state index in [9.17, 15) is 28.5 Å². The third-order valence-corrected chi connectivity index (χ3v) is 3.08. The highest BCUT2D eigenvalue weighted by atomic mass is 19.1. The molecule has 2 rings (SSSR count). The molecule has 0 radical (unpaired) electrons. The summed E-state index contributed by atoms with van der Waals surface area (Å²) < 4.78 is 31.3. The lowest BCUT2D eigenvalue weighted by molar-refractivity contribution is -0.497. The maximum absolute atomic E-state index is 13.6. The number of amides is 1. The summed E-state index contributed by atoms with van der Waals surface area (Å²) in [6, 6.07) is 0.228. The lowest BCUT2D eigenvalue weighted by Gasteiger charge is -2.08. The molecule has 1 amide bonds. The molecular weight excluding hydrogens is 290 g/mol. The summed E-state index contributed by atoms with van der Waals surface area (Å²) in [5.74, 6) is -4.86. The fraction of sp³-hybridized carbons (Fsp3) is 0.333. The van der Waals surface area contributed by atoms with Crippen molar-refractivity contribution in [1.29, 1.82) is 0 Å². The van der Waals surface area contributed by atoms with Crippen LogP contribution in [0.15, 0.2) is 12.1 Å². The average molecular weight is 300 g/mol. The highest BCUT2D eigenvalue weighted by molar-refractivity contribution is 5.97. The fourth-order valence-corrected chi connectivity index (χ4v) is 1.83. The van der Waals surface area contributed by atoms with Crippen LogP contribution in [0.25, 0.3) is 0 Å². The monoisotopic (exact) mass is 300 g/mol. The van der Waals surface area contributed by atoms with Crippen LogP contribution in [-0.4, -0.2) is 30.0 Å². The molecule has 0 unspecified atom stereocenters. The van der Waals surface area contributed by atoms with Gasteiger partial charge in [0.2, 0.25) is 11.9 Å². The molecule has 7 nitrogen and oxygen atoms in total. The third kappa shape index (κ3) is 2.96. The maximum atomic E-state index is 13.6. The Morgan fingerprint density at radius 3 is 2.57 bits per heavy atom. The zero-order chi connectivity index (χ0) is 15.7. The van der Waals surface area contributed by atoms with Crippen molar-refractivity contribution in [3.8, 4) is 0 Å². The molecule has 0 heterocycles. The van der Waals surface area contributed by atoms with Crippen molar-refractivity contribution in [3.05, 3.63) is 39.4 Å². The van der Waals surface area contributed by atoms with Gasteiger partial charge >= 0.3 is 5.97 Å². The van der Waals surface area contributed by atoms with Gasteiger partial charge in [-0.2, -0.15) is 0 Å². The number of carbonyl (C=O) groups is 2. The van der Waals surface area contributed by atoms with Gasteiger partial charge in [0.1, 0.15) is 17.6 Å². The van der Waals surface area contributed by atoms with Crippen LogP contribution in [0.4, 0.5) is 14.5 Å². The molecule has 1 aromatic rings. The minimum Gasteiger partial charge on any atom is -0.465 e. The molecule has 0 bridgehead atoms. The summed E-state index contributed by atoms with van der Waals surface area (Å²) in [6.07, 6.45) is 0.0610. The van der Waals surface area contributed by atoms with Crippen LogP contribution >= 0.6 is 0 Å². The van der Waals surface area contributed by atoms with Gasteiger partial charge in [-0.15, -0.1) is 0 Å². The molecule has 1 N–H and O–H groups in total. The van der Waals surface area contributed by atoms with Gasteiger partial charge in [-0.25, -0.2) is 13.6 Å². The second kappa shape index (κ2) is 5.43. The Balaban J connectivity index is 2.19. The smallest absolute Gasteiger partial charge is 0.340 e. The molecule has 0 spiro atoms. The number of nitrogens with zero attached hydrogens (tertiary/aromatic N) is 1. The van der Waals surface area contributed by atoms with E-state index in [0.717, 1.165) is 13.2 Å². The fourth-order valence-electron chi connectivity index (χ4n) is 1.83. The predicted molar refractivity (Wildman–Crippen MR) is 65.2 cm³/mol. The number of nitro groups is 1. The van der Waals surface area contributed by atoms with Gasteiger partial charge in [0.25, 0.3) is 0 Å². The van der Waals surface area contributed by atoms with Crippen molar-refractivity contribution in [2.75, 3.05) is 12.4 Å². The van der Waals surface area contributed by atoms with Crippen molar-refractivity contribution in [2.45, 2.75) is 12.5 Å². The highest BCUT2D eigenvalue weighted by Gasteiger charge is 2.53. The average Bonchev–Trinajstić information content (AvgIpc) is 3.21. The Hall–Kier alpha value is -2.58. The summed E-state index contributed by atoms with van der Waals surface area (Å²) in [7, 11) is 1.02. The molecule has 0 saturated heterocycles. The zero-order valence-electron chi connectivity index (χ0n) is 10.8. The first kappa shape index (κ1) is 14.8. The van der Waals surface area contributed by atoms with Crippen LogP contribution in [0.2, 0.25) is 0 Å². The van der Waals surface area contributed by atoms with Crippen molar-refractivity contribution in [1.82, 2.24) is 0 Å². The largest absolute Gasteiger partial charge is 0.465 e. The molecule has 1 saturated carbocycles. The molecule has 2 atom stereocenters. The number of carbonyl (C=O) groups excluding carboxylic acids is 2. The van der Waals surface area contributed by atoms with E-state index in [0.29, 0.717) is 6.07 Å². The first-order valence-corrected chi connectivity index (χ1v) is 5.87. The molecule has 1 aromatic carbocycles. The number of hydrogen-bond acceptors (Lipinski definition) is 5.